The number of primary sulfonamides is 1. The van der Waals surface area contributed by atoms with E-state index in [-0.39, 0.29) is 5.75 Å². The Hall–Kier alpha value is -0.920. The molecular formula is C8H7BrN2O3S. The molecule has 1 aromatic carbocycles. The van der Waals surface area contributed by atoms with Crippen LogP contribution in [0.5, 0.6) is 0 Å². The van der Waals surface area contributed by atoms with E-state index in [9.17, 15) is 8.42 Å². The van der Waals surface area contributed by atoms with Crippen molar-refractivity contribution in [2.24, 2.45) is 5.14 Å². The van der Waals surface area contributed by atoms with E-state index in [0.29, 0.717) is 16.7 Å². The molecule has 0 fully saturated rings. The monoisotopic (exact) mass is 290 g/mol. The van der Waals surface area contributed by atoms with Gasteiger partial charge in [0.2, 0.25) is 10.0 Å². The zero-order chi connectivity index (χ0) is 11.1. The maximum absolute atomic E-state index is 10.9. The first-order chi connectivity index (χ1) is 6.96. The second-order valence-electron chi connectivity index (χ2n) is 3.08. The number of aromatic nitrogens is 1. The quantitative estimate of drug-likeness (QED) is 0.905. The van der Waals surface area contributed by atoms with Gasteiger partial charge < -0.3 is 4.52 Å². The molecule has 0 saturated carbocycles. The molecule has 0 saturated heterocycles. The SMILES string of the molecule is NS(=O)(=O)Cc1noc2ccc(Br)cc12. The van der Waals surface area contributed by atoms with E-state index in [1.54, 1.807) is 18.2 Å². The summed E-state index contributed by atoms with van der Waals surface area (Å²) >= 11 is 3.28. The summed E-state index contributed by atoms with van der Waals surface area (Å²) in [5.41, 5.74) is 0.866. The van der Waals surface area contributed by atoms with Crippen molar-refractivity contribution >= 4 is 36.9 Å². The number of nitrogens with two attached hydrogens (primary N) is 1. The number of hydrogen-bond acceptors (Lipinski definition) is 4. The smallest absolute Gasteiger partial charge is 0.214 e. The highest BCUT2D eigenvalue weighted by Gasteiger charge is 2.13. The summed E-state index contributed by atoms with van der Waals surface area (Å²) in [5.74, 6) is -0.323. The Labute approximate surface area is 94.4 Å². The van der Waals surface area contributed by atoms with Crippen molar-refractivity contribution in [2.45, 2.75) is 5.75 Å². The summed E-state index contributed by atoms with van der Waals surface area (Å²) in [5, 5.41) is 9.25. The van der Waals surface area contributed by atoms with Crippen LogP contribution in [0.3, 0.4) is 0 Å². The largest absolute Gasteiger partial charge is 0.356 e. The standard InChI is InChI=1S/C8H7BrN2O3S/c9-5-1-2-8-6(3-5)7(11-14-8)4-15(10,12)13/h1-3H,4H2,(H2,10,12,13). The second kappa shape index (κ2) is 3.58. The maximum atomic E-state index is 10.9. The summed E-state index contributed by atoms with van der Waals surface area (Å²) in [7, 11) is -3.59. The number of rotatable bonds is 2. The third kappa shape index (κ3) is 2.36. The molecule has 5 nitrogen and oxygen atoms in total. The molecule has 0 aliphatic carbocycles. The van der Waals surface area contributed by atoms with Crippen molar-refractivity contribution in [3.8, 4) is 0 Å². The zero-order valence-electron chi connectivity index (χ0n) is 7.47. The molecule has 1 aromatic heterocycles. The highest BCUT2D eigenvalue weighted by atomic mass is 79.9. The average molecular weight is 291 g/mol. The molecule has 2 aromatic rings. The van der Waals surface area contributed by atoms with Gasteiger partial charge in [0, 0.05) is 9.86 Å². The first-order valence-electron chi connectivity index (χ1n) is 4.00. The Balaban J connectivity index is 2.57. The molecule has 0 spiro atoms. The number of sulfonamides is 1. The number of halogens is 1. The summed E-state index contributed by atoms with van der Waals surface area (Å²) < 4.78 is 27.6. The summed E-state index contributed by atoms with van der Waals surface area (Å²) in [4.78, 5) is 0. The summed E-state index contributed by atoms with van der Waals surface area (Å²) in [6, 6.07) is 5.24. The Morgan fingerprint density at radius 2 is 2.20 bits per heavy atom. The van der Waals surface area contributed by atoms with Gasteiger partial charge in [0.05, 0.1) is 0 Å². The number of nitrogens with zero attached hydrogens (tertiary/aromatic N) is 1. The highest BCUT2D eigenvalue weighted by molar-refractivity contribution is 9.10. The van der Waals surface area contributed by atoms with Crippen molar-refractivity contribution in [1.29, 1.82) is 0 Å². The fraction of sp³-hybridized carbons (Fsp3) is 0.125. The third-order valence-electron chi connectivity index (χ3n) is 1.84. The van der Waals surface area contributed by atoms with Crippen molar-refractivity contribution in [3.05, 3.63) is 28.4 Å². The van der Waals surface area contributed by atoms with Crippen LogP contribution < -0.4 is 5.14 Å². The van der Waals surface area contributed by atoms with Crippen LogP contribution in [0.25, 0.3) is 11.0 Å². The molecule has 0 bridgehead atoms. The highest BCUT2D eigenvalue weighted by Crippen LogP contribution is 2.23. The van der Waals surface area contributed by atoms with Crippen LogP contribution in [0.15, 0.2) is 27.2 Å². The molecule has 15 heavy (non-hydrogen) atoms. The fourth-order valence-corrected chi connectivity index (χ4v) is 2.21. The van der Waals surface area contributed by atoms with Crippen molar-refractivity contribution in [2.75, 3.05) is 0 Å². The van der Waals surface area contributed by atoms with Crippen LogP contribution in [-0.4, -0.2) is 13.6 Å². The van der Waals surface area contributed by atoms with Gasteiger partial charge in [-0.15, -0.1) is 0 Å². The normalized spacial score (nSPS) is 12.1. The molecule has 7 heteroatoms. The summed E-state index contributed by atoms with van der Waals surface area (Å²) in [6.07, 6.45) is 0. The lowest BCUT2D eigenvalue weighted by atomic mass is 10.2. The molecule has 0 atom stereocenters. The van der Waals surface area contributed by atoms with E-state index in [2.05, 4.69) is 21.1 Å². The van der Waals surface area contributed by atoms with E-state index in [4.69, 9.17) is 9.66 Å². The van der Waals surface area contributed by atoms with Gasteiger partial charge >= 0.3 is 0 Å². The predicted molar refractivity (Wildman–Crippen MR) is 58.5 cm³/mol. The van der Waals surface area contributed by atoms with Gasteiger partial charge in [-0.2, -0.15) is 0 Å². The topological polar surface area (TPSA) is 86.2 Å². The Morgan fingerprint density at radius 1 is 1.47 bits per heavy atom. The van der Waals surface area contributed by atoms with Crippen LogP contribution in [0.2, 0.25) is 0 Å². The molecule has 0 aliphatic rings. The first kappa shape index (κ1) is 10.6. The van der Waals surface area contributed by atoms with Crippen LogP contribution in [0, 0.1) is 0 Å². The molecular weight excluding hydrogens is 284 g/mol. The lowest BCUT2D eigenvalue weighted by molar-refractivity contribution is 0.448. The van der Waals surface area contributed by atoms with E-state index < -0.39 is 10.0 Å². The Bertz CT molecular complexity index is 605. The Kier molecular flexibility index (Phi) is 2.53. The molecule has 0 unspecified atom stereocenters. The van der Waals surface area contributed by atoms with E-state index in [0.717, 1.165) is 4.47 Å². The molecule has 80 valence electrons. The molecule has 1 heterocycles. The third-order valence-corrected chi connectivity index (χ3v) is 3.01. The second-order valence-corrected chi connectivity index (χ2v) is 5.61. The number of fused-ring (bicyclic) bond motifs is 1. The lowest BCUT2D eigenvalue weighted by Crippen LogP contribution is -2.14. The number of hydrogen-bond donors (Lipinski definition) is 1. The van der Waals surface area contributed by atoms with Crippen LogP contribution >= 0.6 is 15.9 Å². The fourth-order valence-electron chi connectivity index (χ4n) is 1.26. The first-order valence-corrected chi connectivity index (χ1v) is 6.51. The van der Waals surface area contributed by atoms with Gasteiger partial charge in [0.1, 0.15) is 11.4 Å². The lowest BCUT2D eigenvalue weighted by Gasteiger charge is -1.94. The average Bonchev–Trinajstić information content (AvgIpc) is 2.46. The van der Waals surface area contributed by atoms with Crippen LogP contribution in [0.4, 0.5) is 0 Å². The van der Waals surface area contributed by atoms with Gasteiger partial charge in [-0.05, 0) is 18.2 Å². The molecule has 0 aliphatic heterocycles. The number of benzene rings is 1. The van der Waals surface area contributed by atoms with Crippen molar-refractivity contribution in [1.82, 2.24) is 5.16 Å². The van der Waals surface area contributed by atoms with Gasteiger partial charge in [-0.25, -0.2) is 13.6 Å². The molecule has 2 N–H and O–H groups in total. The maximum Gasteiger partial charge on any atom is 0.214 e. The Morgan fingerprint density at radius 3 is 2.87 bits per heavy atom. The van der Waals surface area contributed by atoms with Gasteiger partial charge in [-0.1, -0.05) is 21.1 Å². The van der Waals surface area contributed by atoms with Crippen LogP contribution in [-0.2, 0) is 15.8 Å². The predicted octanol–water partition coefficient (Wildman–Crippen LogP) is 1.38. The van der Waals surface area contributed by atoms with Gasteiger partial charge in [-0.3, -0.25) is 0 Å². The van der Waals surface area contributed by atoms with Gasteiger partial charge in [0.25, 0.3) is 0 Å². The summed E-state index contributed by atoms with van der Waals surface area (Å²) in [6.45, 7) is 0. The van der Waals surface area contributed by atoms with Crippen molar-refractivity contribution < 1.29 is 12.9 Å². The van der Waals surface area contributed by atoms with E-state index in [1.165, 1.54) is 0 Å². The zero-order valence-corrected chi connectivity index (χ0v) is 9.88. The molecule has 0 radical (unpaired) electrons. The van der Waals surface area contributed by atoms with E-state index in [1.807, 2.05) is 0 Å². The van der Waals surface area contributed by atoms with Crippen LogP contribution in [0.1, 0.15) is 5.69 Å². The molecule has 0 amide bonds. The minimum atomic E-state index is -3.59. The minimum Gasteiger partial charge on any atom is -0.356 e. The molecule has 2 rings (SSSR count). The van der Waals surface area contributed by atoms with E-state index >= 15 is 0 Å². The van der Waals surface area contributed by atoms with Gasteiger partial charge in [0.15, 0.2) is 5.58 Å². The minimum absolute atomic E-state index is 0.323. The van der Waals surface area contributed by atoms with Crippen molar-refractivity contribution in [3.63, 3.8) is 0 Å².